The number of pyridine rings is 1. The second-order valence-corrected chi connectivity index (χ2v) is 6.47. The molecule has 4 heterocycles. The molecule has 118 valence electrons. The van der Waals surface area contributed by atoms with Crippen LogP contribution in [0.3, 0.4) is 0 Å². The highest BCUT2D eigenvalue weighted by molar-refractivity contribution is 5.73. The van der Waals surface area contributed by atoms with E-state index in [2.05, 4.69) is 16.0 Å². The number of aromatic nitrogens is 3. The summed E-state index contributed by atoms with van der Waals surface area (Å²) in [5, 5.41) is 0. The maximum absolute atomic E-state index is 12.5. The summed E-state index contributed by atoms with van der Waals surface area (Å²) in [6.07, 6.45) is 5.95. The molecule has 0 aromatic carbocycles. The maximum Gasteiger partial charge on any atom is 0.251 e. The van der Waals surface area contributed by atoms with E-state index in [1.807, 2.05) is 9.47 Å². The maximum atomic E-state index is 12.5. The van der Waals surface area contributed by atoms with Gasteiger partial charge < -0.3 is 9.47 Å². The number of hydrogen-bond acceptors (Lipinski definition) is 4. The van der Waals surface area contributed by atoms with Gasteiger partial charge in [-0.3, -0.25) is 9.59 Å². The van der Waals surface area contributed by atoms with E-state index < -0.39 is 0 Å². The summed E-state index contributed by atoms with van der Waals surface area (Å²) >= 11 is 0. The van der Waals surface area contributed by atoms with Crippen molar-refractivity contribution in [3.8, 4) is 11.1 Å². The number of hydrogen-bond donors (Lipinski definition) is 0. The fourth-order valence-corrected chi connectivity index (χ4v) is 3.83. The van der Waals surface area contributed by atoms with Crippen LogP contribution in [0.5, 0.6) is 0 Å². The average Bonchev–Trinajstić information content (AvgIpc) is 2.56. The fourth-order valence-electron chi connectivity index (χ4n) is 3.83. The molecule has 0 unspecified atom stereocenters. The van der Waals surface area contributed by atoms with Crippen molar-refractivity contribution in [3.63, 3.8) is 0 Å². The molecule has 2 bridgehead atoms. The smallest absolute Gasteiger partial charge is 0.251 e. The lowest BCUT2D eigenvalue weighted by Gasteiger charge is -2.42. The second-order valence-electron chi connectivity index (χ2n) is 6.47. The van der Waals surface area contributed by atoms with Gasteiger partial charge in [0, 0.05) is 62.2 Å². The van der Waals surface area contributed by atoms with E-state index in [9.17, 15) is 9.59 Å². The topological polar surface area (TPSA) is 68.1 Å². The van der Waals surface area contributed by atoms with Crippen LogP contribution >= 0.6 is 0 Å². The van der Waals surface area contributed by atoms with E-state index in [1.54, 1.807) is 25.4 Å². The third-order valence-corrected chi connectivity index (χ3v) is 4.90. The van der Waals surface area contributed by atoms with Gasteiger partial charge in [-0.1, -0.05) is 0 Å². The van der Waals surface area contributed by atoms with Crippen LogP contribution in [-0.4, -0.2) is 38.4 Å². The minimum atomic E-state index is 0.0207. The zero-order valence-electron chi connectivity index (χ0n) is 13.0. The van der Waals surface area contributed by atoms with Crippen molar-refractivity contribution in [2.75, 3.05) is 13.1 Å². The minimum Gasteiger partial charge on any atom is -0.342 e. The molecule has 4 rings (SSSR count). The summed E-state index contributed by atoms with van der Waals surface area (Å²) < 4.78 is 1.88. The summed E-state index contributed by atoms with van der Waals surface area (Å²) in [7, 11) is 0. The highest BCUT2D eigenvalue weighted by Crippen LogP contribution is 2.36. The normalized spacial score (nSPS) is 22.6. The van der Waals surface area contributed by atoms with E-state index in [0.29, 0.717) is 19.0 Å². The Morgan fingerprint density at radius 1 is 1.13 bits per heavy atom. The molecule has 2 aromatic rings. The summed E-state index contributed by atoms with van der Waals surface area (Å²) in [5.74, 6) is 0.709. The molecule has 6 heteroatoms. The lowest BCUT2D eigenvalue weighted by molar-refractivity contribution is -0.131. The van der Waals surface area contributed by atoms with Gasteiger partial charge in [-0.2, -0.15) is 0 Å². The lowest BCUT2D eigenvalue weighted by Crippen LogP contribution is -2.48. The van der Waals surface area contributed by atoms with Crippen molar-refractivity contribution in [1.29, 1.82) is 0 Å². The number of rotatable bonds is 1. The van der Waals surface area contributed by atoms with Crippen molar-refractivity contribution in [2.45, 2.75) is 25.8 Å². The molecular formula is C17H18N4O2. The summed E-state index contributed by atoms with van der Waals surface area (Å²) in [6.45, 7) is 3.76. The third kappa shape index (κ3) is 2.44. The number of piperidine rings is 1. The first-order valence-corrected chi connectivity index (χ1v) is 7.87. The van der Waals surface area contributed by atoms with Crippen molar-refractivity contribution in [3.05, 3.63) is 46.9 Å². The highest BCUT2D eigenvalue weighted by Gasteiger charge is 2.35. The Kier molecular flexibility index (Phi) is 3.25. The summed E-state index contributed by atoms with van der Waals surface area (Å²) in [5.41, 5.74) is 2.74. The van der Waals surface area contributed by atoms with Crippen LogP contribution in [0.25, 0.3) is 11.1 Å². The van der Waals surface area contributed by atoms with Crippen LogP contribution < -0.4 is 5.56 Å². The van der Waals surface area contributed by atoms with Crippen molar-refractivity contribution < 1.29 is 4.79 Å². The quantitative estimate of drug-likeness (QED) is 0.795. The van der Waals surface area contributed by atoms with Gasteiger partial charge in [-0.05, 0) is 24.0 Å². The van der Waals surface area contributed by atoms with Gasteiger partial charge in [0.1, 0.15) is 6.33 Å². The molecule has 1 amide bonds. The van der Waals surface area contributed by atoms with Crippen molar-refractivity contribution >= 4 is 5.91 Å². The van der Waals surface area contributed by atoms with Crippen LogP contribution in [0, 0.1) is 5.92 Å². The zero-order valence-corrected chi connectivity index (χ0v) is 13.0. The standard InChI is InChI=1S/C17H18N4O2/c1-11(22)20-7-12-2-14(9-20)16-3-13(4-17(23)21(16)8-12)15-5-18-10-19-6-15/h3-6,10,12,14H,2,7-9H2,1H3/t12-,14+/m0/s1. The molecule has 2 aromatic heterocycles. The molecule has 6 nitrogen and oxygen atoms in total. The molecule has 2 atom stereocenters. The van der Waals surface area contributed by atoms with E-state index in [0.717, 1.165) is 29.8 Å². The van der Waals surface area contributed by atoms with Crippen LogP contribution in [0.15, 0.2) is 35.6 Å². The SMILES string of the molecule is CC(=O)N1C[C@@H]2C[C@H](C1)c1cc(-c3cncnc3)cc(=O)n1C2. The second kappa shape index (κ2) is 5.30. The van der Waals surface area contributed by atoms with Gasteiger partial charge >= 0.3 is 0 Å². The number of amides is 1. The highest BCUT2D eigenvalue weighted by atomic mass is 16.2. The van der Waals surface area contributed by atoms with Gasteiger partial charge in [0.15, 0.2) is 0 Å². The van der Waals surface area contributed by atoms with Crippen molar-refractivity contribution in [1.82, 2.24) is 19.4 Å². The predicted octanol–water partition coefficient (Wildman–Crippen LogP) is 1.27. The number of carbonyl (C=O) groups excluding carboxylic acids is 1. The lowest BCUT2D eigenvalue weighted by atomic mass is 9.82. The molecule has 1 fully saturated rings. The first kappa shape index (κ1) is 14.1. The Balaban J connectivity index is 1.79. The van der Waals surface area contributed by atoms with Gasteiger partial charge in [0.05, 0.1) is 0 Å². The minimum absolute atomic E-state index is 0.0207. The third-order valence-electron chi connectivity index (χ3n) is 4.90. The largest absolute Gasteiger partial charge is 0.342 e. The number of fused-ring (bicyclic) bond motifs is 4. The monoisotopic (exact) mass is 310 g/mol. The first-order valence-electron chi connectivity index (χ1n) is 7.87. The van der Waals surface area contributed by atoms with E-state index >= 15 is 0 Å². The van der Waals surface area contributed by atoms with Gasteiger partial charge in [-0.25, -0.2) is 9.97 Å². The Morgan fingerprint density at radius 3 is 2.65 bits per heavy atom. The van der Waals surface area contributed by atoms with Crippen LogP contribution in [0.2, 0.25) is 0 Å². The van der Waals surface area contributed by atoms with Gasteiger partial charge in [-0.15, -0.1) is 0 Å². The average molecular weight is 310 g/mol. The molecule has 23 heavy (non-hydrogen) atoms. The molecule has 2 aliphatic rings. The molecule has 2 aliphatic heterocycles. The van der Waals surface area contributed by atoms with Crippen LogP contribution in [0.4, 0.5) is 0 Å². The summed E-state index contributed by atoms with van der Waals surface area (Å²) in [6, 6.07) is 3.72. The first-order chi connectivity index (χ1) is 11.1. The van der Waals surface area contributed by atoms with Gasteiger partial charge in [0.2, 0.25) is 5.91 Å². The van der Waals surface area contributed by atoms with Crippen LogP contribution in [-0.2, 0) is 11.3 Å². The Hall–Kier alpha value is -2.50. The number of carbonyl (C=O) groups is 1. The molecule has 0 radical (unpaired) electrons. The van der Waals surface area contributed by atoms with Crippen molar-refractivity contribution in [2.24, 2.45) is 5.92 Å². The number of likely N-dealkylation sites (tertiary alicyclic amines) is 1. The fraction of sp³-hybridized carbons (Fsp3) is 0.412. The molecule has 0 N–H and O–H groups in total. The Labute approximate surface area is 133 Å². The Morgan fingerprint density at radius 2 is 1.91 bits per heavy atom. The van der Waals surface area contributed by atoms with E-state index in [1.165, 1.54) is 6.33 Å². The molecule has 1 saturated heterocycles. The molecule has 0 spiro atoms. The molecular weight excluding hydrogens is 292 g/mol. The molecule has 0 aliphatic carbocycles. The predicted molar refractivity (Wildman–Crippen MR) is 84.8 cm³/mol. The Bertz CT molecular complexity index is 815. The van der Waals surface area contributed by atoms with E-state index in [4.69, 9.17) is 0 Å². The number of nitrogens with zero attached hydrogens (tertiary/aromatic N) is 4. The summed E-state index contributed by atoms with van der Waals surface area (Å²) in [4.78, 5) is 34.2. The molecule has 0 saturated carbocycles. The van der Waals surface area contributed by atoms with Crippen LogP contribution in [0.1, 0.15) is 25.0 Å². The van der Waals surface area contributed by atoms with E-state index in [-0.39, 0.29) is 17.4 Å². The van der Waals surface area contributed by atoms with Gasteiger partial charge in [0.25, 0.3) is 5.56 Å². The zero-order chi connectivity index (χ0) is 16.0.